The van der Waals surface area contributed by atoms with Crippen LogP contribution < -0.4 is 4.90 Å². The van der Waals surface area contributed by atoms with E-state index in [2.05, 4.69) is 0 Å². The van der Waals surface area contributed by atoms with Gasteiger partial charge in [0.2, 0.25) is 5.69 Å². The van der Waals surface area contributed by atoms with Gasteiger partial charge in [0.05, 0.1) is 131 Å². The first-order valence-corrected chi connectivity index (χ1v) is 35.2. The minimum Gasteiger partial charge on any atom is -0.744 e. The van der Waals surface area contributed by atoms with Crippen molar-refractivity contribution in [1.82, 2.24) is 0 Å². The van der Waals surface area contributed by atoms with Crippen LogP contribution in [0, 0.1) is 0 Å². The second kappa shape index (κ2) is 34.8. The Morgan fingerprint density at radius 2 is 0.945 bits per heavy atom. The van der Waals surface area contributed by atoms with Crippen LogP contribution >= 0.6 is 0 Å². The van der Waals surface area contributed by atoms with Gasteiger partial charge in [0.25, 0.3) is 0 Å². The van der Waals surface area contributed by atoms with Crippen LogP contribution in [0.2, 0.25) is 0 Å². The van der Waals surface area contributed by atoms with Gasteiger partial charge in [0.1, 0.15) is 47.0 Å². The zero-order valence-corrected chi connectivity index (χ0v) is 55.0. The zero-order chi connectivity index (χ0) is 66.5. The van der Waals surface area contributed by atoms with Gasteiger partial charge in [-0.3, -0.25) is 4.79 Å². The third-order valence-corrected chi connectivity index (χ3v) is 18.9. The molecule has 1 N–H and O–H groups in total. The molecule has 0 aliphatic carbocycles. The van der Waals surface area contributed by atoms with E-state index in [0.717, 1.165) is 12.1 Å². The van der Waals surface area contributed by atoms with Gasteiger partial charge in [-0.1, -0.05) is 24.3 Å². The molecule has 2 aliphatic rings. The molecule has 0 saturated heterocycles. The molecule has 0 aromatic heterocycles. The minimum atomic E-state index is -5.37. The SMILES string of the molecule is CCN1/C(=C/C=C/C=C/C2=[N+](CCCCCC(=O)O)c3ccc4c(S(=O)(=O)[O-])cc(S(=O)(=O)[O-])cc4c3C2(C)CCOCCOCCOCCOCCOC)C(C)(CCOCCOCCOCCOCCOC)c2c1ccc1c(S(=O)(=O)[O-])cc(S(=O)(=O)[O-])cc21. The maximum absolute atomic E-state index is 12.9. The lowest BCUT2D eigenvalue weighted by Gasteiger charge is -2.30. The molecule has 4 aromatic carbocycles. The van der Waals surface area contributed by atoms with Crippen molar-refractivity contribution in [3.05, 3.63) is 95.7 Å². The summed E-state index contributed by atoms with van der Waals surface area (Å²) >= 11 is 0. The summed E-state index contributed by atoms with van der Waals surface area (Å²) in [6.07, 6.45) is 10.4. The van der Waals surface area contributed by atoms with Gasteiger partial charge in [0.15, 0.2) is 5.71 Å². The van der Waals surface area contributed by atoms with Crippen molar-refractivity contribution in [2.75, 3.05) is 151 Å². The lowest BCUT2D eigenvalue weighted by atomic mass is 9.75. The number of ether oxygens (including phenoxy) is 10. The molecular formula is C61H81N2O24S4-3. The Labute approximate surface area is 532 Å². The topological polar surface area (TPSA) is 365 Å². The van der Waals surface area contributed by atoms with Crippen molar-refractivity contribution < 1.29 is 114 Å². The fraction of sp³-hybridized carbons (Fsp3) is 0.541. The Morgan fingerprint density at radius 3 is 1.37 bits per heavy atom. The van der Waals surface area contributed by atoms with Gasteiger partial charge in [-0.05, 0) is 111 Å². The van der Waals surface area contributed by atoms with E-state index >= 15 is 0 Å². The second-order valence-electron chi connectivity index (χ2n) is 21.6. The molecule has 2 heterocycles. The number of aliphatic carboxylic acids is 1. The van der Waals surface area contributed by atoms with Gasteiger partial charge in [-0.25, -0.2) is 33.7 Å². The van der Waals surface area contributed by atoms with Gasteiger partial charge in [0, 0.05) is 86.7 Å². The monoisotopic (exact) mass is 1350 g/mol. The number of unbranched alkanes of at least 4 members (excludes halogenated alkanes) is 2. The highest BCUT2D eigenvalue weighted by molar-refractivity contribution is 7.87. The van der Waals surface area contributed by atoms with Crippen molar-refractivity contribution in [2.24, 2.45) is 0 Å². The summed E-state index contributed by atoms with van der Waals surface area (Å²) in [5, 5.41) is 9.28. The van der Waals surface area contributed by atoms with Crippen LogP contribution in [0.1, 0.15) is 70.4 Å². The van der Waals surface area contributed by atoms with Crippen molar-refractivity contribution in [3.63, 3.8) is 0 Å². The molecule has 30 heteroatoms. The second-order valence-corrected chi connectivity index (χ2v) is 27.1. The highest BCUT2D eigenvalue weighted by Gasteiger charge is 2.49. The van der Waals surface area contributed by atoms with Gasteiger partial charge < -0.3 is 75.6 Å². The first-order valence-electron chi connectivity index (χ1n) is 29.6. The van der Waals surface area contributed by atoms with E-state index in [4.69, 9.17) is 47.4 Å². The summed E-state index contributed by atoms with van der Waals surface area (Å²) in [7, 11) is -18.2. The predicted molar refractivity (Wildman–Crippen MR) is 329 cm³/mol. The zero-order valence-electron chi connectivity index (χ0n) is 51.8. The Bertz CT molecular complexity index is 3720. The number of carboxylic acid groups (broad SMARTS) is 1. The maximum atomic E-state index is 12.9. The summed E-state index contributed by atoms with van der Waals surface area (Å²) in [6, 6.07) is 9.30. The average molecular weight is 1350 g/mol. The molecule has 0 fully saturated rings. The molecule has 0 bridgehead atoms. The van der Waals surface area contributed by atoms with Crippen molar-refractivity contribution in [2.45, 2.75) is 89.7 Å². The standard InChI is InChI=1S/C61H84N2O24S4/c1-6-62-51-18-16-47-49(41-45(88(66,67)68)43-53(47)90(72,73)74)58(51)60(2,20-23-80-29-31-84-37-39-86-35-33-82-27-25-78-4)55(62)13-9-7-10-14-56-61(3,21-24-81-30-32-85-38-40-87-36-34-83-28-26-79-5)59-50-42-46(89(69,70)71)44-54(91(75,76)77)48(50)17-19-52(59)63(56)22-12-8-11-15-57(64)65/h7,9-10,13-14,16-19,41-44H,6,8,11-12,15,20-40H2,1-5H3,(H4-,64,65,66,67,68,69,70,71,72,73,74,75,76,77)/p-3. The molecule has 0 spiro atoms. The number of benzene rings is 4. The molecule has 26 nitrogen and oxygen atoms in total. The highest BCUT2D eigenvalue weighted by Crippen LogP contribution is 2.54. The number of likely N-dealkylation sites (N-methyl/N-ethyl adjacent to an activating group) is 1. The predicted octanol–water partition coefficient (Wildman–Crippen LogP) is 5.61. The number of methoxy groups -OCH3 is 2. The van der Waals surface area contributed by atoms with E-state index in [1.807, 2.05) is 36.3 Å². The molecule has 0 radical (unpaired) electrons. The average Bonchev–Trinajstić information content (AvgIpc) is 1.62. The Balaban J connectivity index is 1.38. The first-order chi connectivity index (χ1) is 43.2. The molecule has 2 atom stereocenters. The molecule has 6 rings (SSSR count). The number of nitrogens with zero attached hydrogens (tertiary/aromatic N) is 2. The Kier molecular flexibility index (Phi) is 28.6. The van der Waals surface area contributed by atoms with E-state index in [1.165, 1.54) is 12.1 Å². The number of hydrogen-bond acceptors (Lipinski definition) is 24. The summed E-state index contributed by atoms with van der Waals surface area (Å²) in [6.45, 7) is 11.5. The molecule has 2 aliphatic heterocycles. The van der Waals surface area contributed by atoms with Gasteiger partial charge in [-0.15, -0.1) is 0 Å². The normalized spacial score (nSPS) is 17.7. The van der Waals surface area contributed by atoms with E-state index in [-0.39, 0.29) is 100 Å². The fourth-order valence-electron chi connectivity index (χ4n) is 11.2. The first kappa shape index (κ1) is 74.8. The lowest BCUT2D eigenvalue weighted by molar-refractivity contribution is -0.438. The van der Waals surface area contributed by atoms with Crippen LogP contribution in [0.3, 0.4) is 0 Å². The van der Waals surface area contributed by atoms with Crippen molar-refractivity contribution in [1.29, 1.82) is 0 Å². The molecular weight excluding hydrogens is 1270 g/mol. The van der Waals surface area contributed by atoms with Crippen LogP contribution in [0.25, 0.3) is 21.5 Å². The molecule has 91 heavy (non-hydrogen) atoms. The minimum absolute atomic E-state index is 0.0168. The summed E-state index contributed by atoms with van der Waals surface area (Å²) in [5.41, 5.74) is 0.771. The fourth-order valence-corrected chi connectivity index (χ4v) is 13.9. The summed E-state index contributed by atoms with van der Waals surface area (Å²) in [4.78, 5) is 9.81. The quantitative estimate of drug-likeness (QED) is 0.0243. The Hall–Kier alpha value is -5.20. The third kappa shape index (κ3) is 20.4. The van der Waals surface area contributed by atoms with E-state index in [0.29, 0.717) is 138 Å². The van der Waals surface area contributed by atoms with Crippen LogP contribution in [-0.4, -0.2) is 219 Å². The summed E-state index contributed by atoms with van der Waals surface area (Å²) in [5.74, 6) is -0.969. The number of fused-ring (bicyclic) bond motifs is 6. The van der Waals surface area contributed by atoms with E-state index in [9.17, 15) is 61.8 Å². The van der Waals surface area contributed by atoms with Crippen molar-refractivity contribution >= 4 is 85.1 Å². The van der Waals surface area contributed by atoms with Gasteiger partial charge >= 0.3 is 5.97 Å². The smallest absolute Gasteiger partial charge is 0.303 e. The third-order valence-electron chi connectivity index (χ3n) is 15.5. The van der Waals surface area contributed by atoms with E-state index < -0.39 is 76.9 Å². The van der Waals surface area contributed by atoms with Crippen LogP contribution in [0.15, 0.2) is 104 Å². The number of carboxylic acids is 1. The maximum Gasteiger partial charge on any atom is 0.303 e. The number of carbonyl (C=O) groups is 1. The van der Waals surface area contributed by atoms with Crippen LogP contribution in [-0.2, 0) is 103 Å². The number of allylic oxidation sites excluding steroid dienone is 6. The van der Waals surface area contributed by atoms with Gasteiger partial charge in [-0.2, -0.15) is 4.58 Å². The number of anilines is 1. The summed E-state index contributed by atoms with van der Waals surface area (Å²) < 4.78 is 210. The largest absolute Gasteiger partial charge is 0.744 e. The molecule has 2 unspecified atom stereocenters. The van der Waals surface area contributed by atoms with Crippen LogP contribution in [0.5, 0.6) is 0 Å². The highest BCUT2D eigenvalue weighted by atomic mass is 32.2. The van der Waals surface area contributed by atoms with E-state index in [1.54, 1.807) is 50.7 Å². The lowest BCUT2D eigenvalue weighted by Crippen LogP contribution is -2.33. The molecule has 506 valence electrons. The van der Waals surface area contributed by atoms with Crippen molar-refractivity contribution in [3.8, 4) is 0 Å². The number of hydrogen-bond donors (Lipinski definition) is 1. The molecule has 4 aromatic rings. The number of rotatable bonds is 44. The molecule has 0 amide bonds. The molecule has 0 saturated carbocycles. The van der Waals surface area contributed by atoms with Crippen LogP contribution in [0.4, 0.5) is 11.4 Å². The Morgan fingerprint density at radius 1 is 0.516 bits per heavy atom.